The van der Waals surface area contributed by atoms with Gasteiger partial charge in [-0.05, 0) is 42.0 Å². The fourth-order valence-electron chi connectivity index (χ4n) is 3.36. The lowest BCUT2D eigenvalue weighted by Crippen LogP contribution is -2.31. The monoisotopic (exact) mass is 436 g/mol. The molecule has 6 nitrogen and oxygen atoms in total. The SMILES string of the molecule is O=C1CCC(=O)N1c1ccc(S(=O)(=O)N2CCSC2c2ccc(Cl)cc2)cc1. The number of sulfonamides is 1. The number of thioether (sulfide) groups is 1. The second-order valence-electron chi connectivity index (χ2n) is 6.51. The summed E-state index contributed by atoms with van der Waals surface area (Å²) in [7, 11) is -3.72. The number of nitrogens with zero attached hydrogens (tertiary/aromatic N) is 2. The number of halogens is 1. The number of anilines is 1. The van der Waals surface area contributed by atoms with Crippen molar-refractivity contribution in [3.63, 3.8) is 0 Å². The summed E-state index contributed by atoms with van der Waals surface area (Å²) in [6.07, 6.45) is 0.374. The van der Waals surface area contributed by atoms with Crippen molar-refractivity contribution < 1.29 is 18.0 Å². The third kappa shape index (κ3) is 3.45. The number of amides is 2. The summed E-state index contributed by atoms with van der Waals surface area (Å²) in [6.45, 7) is 0.408. The summed E-state index contributed by atoms with van der Waals surface area (Å²) in [6, 6.07) is 13.1. The Morgan fingerprint density at radius 3 is 2.14 bits per heavy atom. The van der Waals surface area contributed by atoms with Gasteiger partial charge in [-0.1, -0.05) is 23.7 Å². The van der Waals surface area contributed by atoms with Gasteiger partial charge in [0.15, 0.2) is 0 Å². The Morgan fingerprint density at radius 2 is 1.54 bits per heavy atom. The molecular weight excluding hydrogens is 420 g/mol. The molecule has 0 aromatic heterocycles. The van der Waals surface area contributed by atoms with E-state index in [2.05, 4.69) is 0 Å². The van der Waals surface area contributed by atoms with E-state index < -0.39 is 10.0 Å². The Balaban J connectivity index is 1.61. The molecule has 0 saturated carbocycles. The molecule has 1 atom stereocenters. The molecule has 4 rings (SSSR count). The summed E-state index contributed by atoms with van der Waals surface area (Å²) in [5, 5.41) is 0.284. The quantitative estimate of drug-likeness (QED) is 0.686. The van der Waals surface area contributed by atoms with Crippen LogP contribution in [0.3, 0.4) is 0 Å². The maximum Gasteiger partial charge on any atom is 0.244 e. The Kier molecular flexibility index (Phi) is 5.22. The number of hydrogen-bond acceptors (Lipinski definition) is 5. The van der Waals surface area contributed by atoms with Crippen LogP contribution in [0, 0.1) is 0 Å². The topological polar surface area (TPSA) is 74.8 Å². The fourth-order valence-corrected chi connectivity index (χ4v) is 6.72. The molecule has 28 heavy (non-hydrogen) atoms. The van der Waals surface area contributed by atoms with Crippen molar-refractivity contribution in [2.24, 2.45) is 0 Å². The standard InChI is InChI=1S/C19H17ClN2O4S2/c20-14-3-1-13(2-4-14)19-21(11-12-27-19)28(25,26)16-7-5-15(6-8-16)22-17(23)9-10-18(22)24/h1-8,19H,9-12H2. The summed E-state index contributed by atoms with van der Waals surface area (Å²) in [5.41, 5.74) is 1.27. The van der Waals surface area contributed by atoms with Crippen LogP contribution < -0.4 is 4.90 Å². The lowest BCUT2D eigenvalue weighted by molar-refractivity contribution is -0.121. The van der Waals surface area contributed by atoms with E-state index in [1.165, 1.54) is 28.6 Å². The van der Waals surface area contributed by atoms with E-state index in [0.717, 1.165) is 10.5 Å². The van der Waals surface area contributed by atoms with Gasteiger partial charge in [0.2, 0.25) is 21.8 Å². The van der Waals surface area contributed by atoms with Crippen LogP contribution in [0.4, 0.5) is 5.69 Å². The van der Waals surface area contributed by atoms with Crippen LogP contribution in [0.2, 0.25) is 5.02 Å². The molecule has 2 aliphatic heterocycles. The van der Waals surface area contributed by atoms with Gasteiger partial charge >= 0.3 is 0 Å². The highest BCUT2D eigenvalue weighted by molar-refractivity contribution is 8.01. The first-order valence-electron chi connectivity index (χ1n) is 8.73. The second kappa shape index (κ2) is 7.51. The van der Waals surface area contributed by atoms with Crippen molar-refractivity contribution in [3.05, 3.63) is 59.1 Å². The number of rotatable bonds is 4. The van der Waals surface area contributed by atoms with Crippen molar-refractivity contribution in [2.45, 2.75) is 23.1 Å². The summed E-state index contributed by atoms with van der Waals surface area (Å²) in [4.78, 5) is 25.0. The fraction of sp³-hybridized carbons (Fsp3) is 0.263. The summed E-state index contributed by atoms with van der Waals surface area (Å²) >= 11 is 7.50. The first-order valence-corrected chi connectivity index (χ1v) is 11.6. The number of benzene rings is 2. The Labute approximate surface area is 172 Å². The lowest BCUT2D eigenvalue weighted by Gasteiger charge is -2.24. The largest absolute Gasteiger partial charge is 0.274 e. The van der Waals surface area contributed by atoms with Gasteiger partial charge in [0.1, 0.15) is 0 Å². The van der Waals surface area contributed by atoms with Crippen molar-refractivity contribution >= 4 is 50.9 Å². The van der Waals surface area contributed by atoms with Crippen molar-refractivity contribution in [1.82, 2.24) is 4.31 Å². The molecule has 1 unspecified atom stereocenters. The number of carbonyl (C=O) groups is 2. The van der Waals surface area contributed by atoms with Crippen LogP contribution in [0.15, 0.2) is 53.4 Å². The van der Waals surface area contributed by atoms with E-state index >= 15 is 0 Å². The summed E-state index contributed by atoms with van der Waals surface area (Å²) in [5.74, 6) is 0.167. The lowest BCUT2D eigenvalue weighted by atomic mass is 10.2. The number of imide groups is 1. The van der Waals surface area contributed by atoms with E-state index in [1.54, 1.807) is 23.9 Å². The third-order valence-corrected chi connectivity index (χ3v) is 8.28. The molecule has 2 aromatic carbocycles. The average Bonchev–Trinajstić information content (AvgIpc) is 3.30. The molecular formula is C19H17ClN2O4S2. The van der Waals surface area contributed by atoms with Gasteiger partial charge in [0.25, 0.3) is 0 Å². The highest BCUT2D eigenvalue weighted by Gasteiger charge is 2.37. The molecule has 2 amide bonds. The van der Waals surface area contributed by atoms with Gasteiger partial charge in [-0.25, -0.2) is 8.42 Å². The third-order valence-electron chi connectivity index (χ3n) is 4.76. The minimum absolute atomic E-state index is 0.136. The van der Waals surface area contributed by atoms with Crippen LogP contribution in [-0.4, -0.2) is 36.8 Å². The molecule has 2 saturated heterocycles. The highest BCUT2D eigenvalue weighted by Crippen LogP contribution is 2.41. The van der Waals surface area contributed by atoms with Crippen LogP contribution in [-0.2, 0) is 19.6 Å². The maximum atomic E-state index is 13.2. The zero-order valence-corrected chi connectivity index (χ0v) is 17.1. The molecule has 2 aliphatic rings. The number of hydrogen-bond donors (Lipinski definition) is 0. The van der Waals surface area contributed by atoms with Gasteiger partial charge in [-0.2, -0.15) is 4.31 Å². The van der Waals surface area contributed by atoms with E-state index in [0.29, 0.717) is 23.0 Å². The highest BCUT2D eigenvalue weighted by atomic mass is 35.5. The van der Waals surface area contributed by atoms with Gasteiger partial charge in [-0.15, -0.1) is 11.8 Å². The Morgan fingerprint density at radius 1 is 0.929 bits per heavy atom. The predicted molar refractivity (Wildman–Crippen MR) is 109 cm³/mol. The molecule has 9 heteroatoms. The van der Waals surface area contributed by atoms with E-state index in [4.69, 9.17) is 11.6 Å². The average molecular weight is 437 g/mol. The van der Waals surface area contributed by atoms with E-state index in [9.17, 15) is 18.0 Å². The second-order valence-corrected chi connectivity index (χ2v) is 10.0. The zero-order valence-electron chi connectivity index (χ0n) is 14.7. The zero-order chi connectivity index (χ0) is 19.9. The van der Waals surface area contributed by atoms with Crippen LogP contribution >= 0.6 is 23.4 Å². The van der Waals surface area contributed by atoms with Crippen LogP contribution in [0.5, 0.6) is 0 Å². The van der Waals surface area contributed by atoms with Crippen molar-refractivity contribution in [2.75, 3.05) is 17.2 Å². The molecule has 0 radical (unpaired) electrons. The molecule has 146 valence electrons. The van der Waals surface area contributed by atoms with E-state index in [1.807, 2.05) is 12.1 Å². The minimum Gasteiger partial charge on any atom is -0.274 e. The van der Waals surface area contributed by atoms with Gasteiger partial charge in [0.05, 0.1) is 16.0 Å². The van der Waals surface area contributed by atoms with Crippen LogP contribution in [0.1, 0.15) is 23.8 Å². The first-order chi connectivity index (χ1) is 13.4. The minimum atomic E-state index is -3.72. The normalized spacial score (nSPS) is 20.9. The predicted octanol–water partition coefficient (Wildman–Crippen LogP) is 3.43. The molecule has 2 aromatic rings. The van der Waals surface area contributed by atoms with Crippen molar-refractivity contribution in [1.29, 1.82) is 0 Å². The van der Waals surface area contributed by atoms with Gasteiger partial charge in [0, 0.05) is 30.2 Å². The molecule has 0 aliphatic carbocycles. The molecule has 2 fully saturated rings. The summed E-state index contributed by atoms with van der Waals surface area (Å²) < 4.78 is 27.8. The Bertz CT molecular complexity index is 1010. The van der Waals surface area contributed by atoms with Gasteiger partial charge in [-0.3, -0.25) is 14.5 Å². The first kappa shape index (κ1) is 19.4. The molecule has 0 spiro atoms. The smallest absolute Gasteiger partial charge is 0.244 e. The molecule has 0 bridgehead atoms. The number of carbonyl (C=O) groups excluding carboxylic acids is 2. The Hall–Kier alpha value is -1.87. The van der Waals surface area contributed by atoms with Crippen LogP contribution in [0.25, 0.3) is 0 Å². The van der Waals surface area contributed by atoms with E-state index in [-0.39, 0.29) is 34.9 Å². The molecule has 0 N–H and O–H groups in total. The van der Waals surface area contributed by atoms with Gasteiger partial charge < -0.3 is 0 Å². The molecule has 2 heterocycles. The maximum absolute atomic E-state index is 13.2. The van der Waals surface area contributed by atoms with Crippen molar-refractivity contribution in [3.8, 4) is 0 Å².